The van der Waals surface area contributed by atoms with Gasteiger partial charge in [-0.05, 0) is 76.8 Å². The third-order valence-corrected chi connectivity index (χ3v) is 7.25. The number of nitrogens with zero attached hydrogens (tertiary/aromatic N) is 4. The summed E-state index contributed by atoms with van der Waals surface area (Å²) in [4.78, 5) is 32.2. The summed E-state index contributed by atoms with van der Waals surface area (Å²) in [5, 5.41) is 12.6. The maximum absolute atomic E-state index is 14.7. The Kier molecular flexibility index (Phi) is 7.22. The van der Waals surface area contributed by atoms with Gasteiger partial charge in [-0.3, -0.25) is 9.69 Å². The molecule has 35 heavy (non-hydrogen) atoms. The van der Waals surface area contributed by atoms with Crippen LogP contribution in [0.2, 0.25) is 0 Å². The van der Waals surface area contributed by atoms with E-state index in [1.165, 1.54) is 6.07 Å². The molecule has 3 aliphatic rings. The topological polar surface area (TPSA) is 88.9 Å². The summed E-state index contributed by atoms with van der Waals surface area (Å²) in [6.45, 7) is 8.96. The molecule has 2 saturated heterocycles. The van der Waals surface area contributed by atoms with Crippen molar-refractivity contribution in [3.63, 3.8) is 0 Å². The minimum Gasteiger partial charge on any atom is -0.444 e. The number of carbonyl (C=O) groups is 2. The van der Waals surface area contributed by atoms with E-state index in [1.54, 1.807) is 37.8 Å². The second-order valence-electron chi connectivity index (χ2n) is 11.0. The van der Waals surface area contributed by atoms with E-state index in [-0.39, 0.29) is 24.3 Å². The zero-order valence-electron chi connectivity index (χ0n) is 21.1. The molecule has 9 heteroatoms. The number of carbonyl (C=O) groups excluding carboxylic acids is 2. The zero-order valence-corrected chi connectivity index (χ0v) is 21.1. The van der Waals surface area contributed by atoms with Gasteiger partial charge in [0.25, 0.3) is 0 Å². The fourth-order valence-corrected chi connectivity index (χ4v) is 5.49. The number of benzene rings is 1. The Morgan fingerprint density at radius 1 is 1.23 bits per heavy atom. The van der Waals surface area contributed by atoms with Gasteiger partial charge in [0.1, 0.15) is 23.5 Å². The number of nitriles is 1. The molecule has 1 aromatic carbocycles. The van der Waals surface area contributed by atoms with Crippen LogP contribution in [0.25, 0.3) is 0 Å². The molecular weight excluding hydrogens is 449 g/mol. The molecule has 3 fully saturated rings. The molecule has 4 rings (SSSR count). The second kappa shape index (κ2) is 10.0. The van der Waals surface area contributed by atoms with Crippen molar-refractivity contribution in [1.82, 2.24) is 15.1 Å². The van der Waals surface area contributed by atoms with Crippen molar-refractivity contribution in [2.75, 3.05) is 38.1 Å². The molecule has 1 N–H and O–H groups in total. The van der Waals surface area contributed by atoms with Crippen LogP contribution in [0.3, 0.4) is 0 Å². The number of hydrogen-bond donors (Lipinski definition) is 1. The van der Waals surface area contributed by atoms with Crippen molar-refractivity contribution in [3.05, 3.63) is 29.6 Å². The molecule has 2 aliphatic heterocycles. The van der Waals surface area contributed by atoms with Crippen LogP contribution < -0.4 is 10.2 Å². The van der Waals surface area contributed by atoms with Crippen molar-refractivity contribution in [1.29, 1.82) is 5.26 Å². The van der Waals surface area contributed by atoms with Gasteiger partial charge in [-0.2, -0.15) is 5.26 Å². The van der Waals surface area contributed by atoms with Gasteiger partial charge in [0, 0.05) is 44.3 Å². The molecule has 0 spiro atoms. The molecule has 8 nitrogen and oxygen atoms in total. The first-order chi connectivity index (χ1) is 16.6. The minimum absolute atomic E-state index is 0.0242. The lowest BCUT2D eigenvalue weighted by Gasteiger charge is -2.36. The first-order valence-corrected chi connectivity index (χ1v) is 12.5. The molecule has 1 aromatic rings. The standard InChI is InChI=1S/C26H36FN5O3/c1-26(2,3)35-25(34)32-21-6-5-17(14-21)23(32)24(33)29-19(16-28)13-18-15-20(7-8-22(18)27)31-11-9-30(4)10-12-31/h7-8,15,17,19,21,23H,5-6,9-14H2,1-4H3,(H,29,33). The van der Waals surface area contributed by atoms with Crippen LogP contribution >= 0.6 is 0 Å². The summed E-state index contributed by atoms with van der Waals surface area (Å²) < 4.78 is 20.2. The molecule has 2 heterocycles. The molecule has 0 radical (unpaired) electrons. The van der Waals surface area contributed by atoms with E-state index in [9.17, 15) is 19.2 Å². The number of likely N-dealkylation sites (N-methyl/N-ethyl adjacent to an activating group) is 1. The summed E-state index contributed by atoms with van der Waals surface area (Å²) in [7, 11) is 2.08. The van der Waals surface area contributed by atoms with Gasteiger partial charge >= 0.3 is 6.09 Å². The highest BCUT2D eigenvalue weighted by Gasteiger charge is 2.52. The fraction of sp³-hybridized carbons (Fsp3) is 0.654. The van der Waals surface area contributed by atoms with Crippen LogP contribution in [-0.2, 0) is 16.0 Å². The Labute approximate surface area is 207 Å². The fourth-order valence-electron chi connectivity index (χ4n) is 5.49. The molecule has 2 amide bonds. The third-order valence-electron chi connectivity index (χ3n) is 7.25. The Morgan fingerprint density at radius 3 is 2.60 bits per heavy atom. The Morgan fingerprint density at radius 2 is 1.94 bits per heavy atom. The Hall–Kier alpha value is -2.86. The third kappa shape index (κ3) is 5.69. The molecule has 2 bridgehead atoms. The van der Waals surface area contributed by atoms with E-state index in [0.29, 0.717) is 5.56 Å². The van der Waals surface area contributed by atoms with Gasteiger partial charge in [-0.1, -0.05) is 0 Å². The zero-order chi connectivity index (χ0) is 25.3. The van der Waals surface area contributed by atoms with E-state index >= 15 is 0 Å². The van der Waals surface area contributed by atoms with Crippen LogP contribution in [-0.4, -0.2) is 78.8 Å². The predicted molar refractivity (Wildman–Crippen MR) is 130 cm³/mol. The van der Waals surface area contributed by atoms with E-state index in [1.807, 2.05) is 0 Å². The maximum atomic E-state index is 14.7. The maximum Gasteiger partial charge on any atom is 0.411 e. The summed E-state index contributed by atoms with van der Waals surface area (Å²) in [5.74, 6) is -0.720. The first kappa shape index (κ1) is 25.2. The summed E-state index contributed by atoms with van der Waals surface area (Å²) >= 11 is 0. The number of hydrogen-bond acceptors (Lipinski definition) is 6. The van der Waals surface area contributed by atoms with Gasteiger partial charge in [-0.15, -0.1) is 0 Å². The predicted octanol–water partition coefficient (Wildman–Crippen LogP) is 2.92. The summed E-state index contributed by atoms with van der Waals surface area (Å²) in [6, 6.07) is 5.49. The Balaban J connectivity index is 1.45. The van der Waals surface area contributed by atoms with Gasteiger partial charge in [0.15, 0.2) is 0 Å². The molecule has 1 saturated carbocycles. The van der Waals surface area contributed by atoms with Crippen molar-refractivity contribution < 1.29 is 18.7 Å². The number of piperidine rings is 1. The van der Waals surface area contributed by atoms with E-state index < -0.39 is 29.6 Å². The monoisotopic (exact) mass is 485 g/mol. The van der Waals surface area contributed by atoms with Crippen molar-refractivity contribution in [3.8, 4) is 6.07 Å². The van der Waals surface area contributed by atoms with Crippen LogP contribution in [0.1, 0.15) is 45.6 Å². The molecule has 4 unspecified atom stereocenters. The molecule has 190 valence electrons. The smallest absolute Gasteiger partial charge is 0.411 e. The molecule has 4 atom stereocenters. The Bertz CT molecular complexity index is 996. The van der Waals surface area contributed by atoms with E-state index in [0.717, 1.165) is 51.1 Å². The van der Waals surface area contributed by atoms with Gasteiger partial charge in [-0.25, -0.2) is 9.18 Å². The lowest BCUT2D eigenvalue weighted by molar-refractivity contribution is -0.128. The van der Waals surface area contributed by atoms with E-state index in [2.05, 4.69) is 28.2 Å². The second-order valence-corrected chi connectivity index (χ2v) is 11.0. The van der Waals surface area contributed by atoms with Crippen LogP contribution in [0, 0.1) is 23.1 Å². The molecule has 1 aliphatic carbocycles. The summed E-state index contributed by atoms with van der Waals surface area (Å²) in [6.07, 6.45) is 2.03. The highest BCUT2D eigenvalue weighted by Crippen LogP contribution is 2.43. The highest BCUT2D eigenvalue weighted by atomic mass is 19.1. The number of halogens is 1. The quantitative estimate of drug-likeness (QED) is 0.690. The van der Waals surface area contributed by atoms with Crippen LogP contribution in [0.15, 0.2) is 18.2 Å². The van der Waals surface area contributed by atoms with Crippen LogP contribution in [0.5, 0.6) is 0 Å². The number of ether oxygens (including phenoxy) is 1. The number of anilines is 1. The first-order valence-electron chi connectivity index (χ1n) is 12.5. The van der Waals surface area contributed by atoms with Crippen LogP contribution in [0.4, 0.5) is 14.9 Å². The van der Waals surface area contributed by atoms with Crippen molar-refractivity contribution in [2.45, 2.75) is 70.2 Å². The number of piperazine rings is 1. The summed E-state index contributed by atoms with van der Waals surface area (Å²) in [5.41, 5.74) is 0.647. The average Bonchev–Trinajstić information content (AvgIpc) is 3.41. The number of fused-ring (bicyclic) bond motifs is 2. The molecular formula is C26H36FN5O3. The van der Waals surface area contributed by atoms with E-state index in [4.69, 9.17) is 4.74 Å². The minimum atomic E-state index is -0.903. The normalized spacial score (nSPS) is 25.3. The largest absolute Gasteiger partial charge is 0.444 e. The SMILES string of the molecule is CN1CCN(c2ccc(F)c(CC(C#N)NC(=O)C3C4CCC(C4)N3C(=O)OC(C)(C)C)c2)CC1. The lowest BCUT2D eigenvalue weighted by atomic mass is 9.97. The number of amides is 2. The van der Waals surface area contributed by atoms with Gasteiger partial charge in [0.2, 0.25) is 5.91 Å². The molecule has 0 aromatic heterocycles. The number of rotatable bonds is 5. The van der Waals surface area contributed by atoms with Crippen molar-refractivity contribution >= 4 is 17.7 Å². The van der Waals surface area contributed by atoms with Gasteiger partial charge in [0.05, 0.1) is 6.07 Å². The van der Waals surface area contributed by atoms with Crippen molar-refractivity contribution in [2.24, 2.45) is 5.92 Å². The van der Waals surface area contributed by atoms with Gasteiger partial charge < -0.3 is 19.9 Å². The highest BCUT2D eigenvalue weighted by molar-refractivity contribution is 5.87. The lowest BCUT2D eigenvalue weighted by Crippen LogP contribution is -2.55. The number of nitrogens with one attached hydrogen (secondary N) is 1. The average molecular weight is 486 g/mol. The number of likely N-dealkylation sites (tertiary alicyclic amines) is 1.